The number of nitrogens with one attached hydrogen (secondary N) is 1. The molecular weight excluding hydrogens is 264 g/mol. The largest absolute Gasteiger partial charge is 0.462 e. The van der Waals surface area contributed by atoms with E-state index in [0.717, 1.165) is 11.4 Å². The zero-order valence-electron chi connectivity index (χ0n) is 10.4. The van der Waals surface area contributed by atoms with Crippen LogP contribution in [0.15, 0.2) is 42.6 Å². The van der Waals surface area contributed by atoms with Gasteiger partial charge in [0.25, 0.3) is 0 Å². The van der Waals surface area contributed by atoms with Crippen LogP contribution < -0.4 is 5.32 Å². The molecule has 0 unspecified atom stereocenters. The number of aromatic nitrogens is 1. The summed E-state index contributed by atoms with van der Waals surface area (Å²) in [5.41, 5.74) is 2.21. The molecule has 1 aromatic carbocycles. The number of anilines is 2. The molecule has 0 aliphatic heterocycles. The van der Waals surface area contributed by atoms with Crippen molar-refractivity contribution in [3.63, 3.8) is 0 Å². The maximum atomic E-state index is 11.5. The molecular formula is C14H13ClN2O2. The number of rotatable bonds is 4. The van der Waals surface area contributed by atoms with Gasteiger partial charge in [-0.05, 0) is 43.3 Å². The van der Waals surface area contributed by atoms with Crippen molar-refractivity contribution in [2.75, 3.05) is 11.9 Å². The van der Waals surface area contributed by atoms with Gasteiger partial charge in [-0.1, -0.05) is 11.6 Å². The van der Waals surface area contributed by atoms with E-state index in [1.54, 1.807) is 43.5 Å². The number of nitrogens with zero attached hydrogens (tertiary/aromatic N) is 1. The van der Waals surface area contributed by atoms with E-state index in [1.165, 1.54) is 0 Å². The minimum absolute atomic E-state index is 0.317. The summed E-state index contributed by atoms with van der Waals surface area (Å²) in [6, 6.07) is 10.6. The number of esters is 1. The lowest BCUT2D eigenvalue weighted by atomic mass is 10.2. The zero-order valence-corrected chi connectivity index (χ0v) is 11.1. The van der Waals surface area contributed by atoms with Crippen molar-refractivity contribution in [1.29, 1.82) is 0 Å². The Labute approximate surface area is 116 Å². The summed E-state index contributed by atoms with van der Waals surface area (Å²) < 4.78 is 4.92. The van der Waals surface area contributed by atoms with Crippen molar-refractivity contribution < 1.29 is 9.53 Å². The first kappa shape index (κ1) is 13.4. The number of hydrogen-bond acceptors (Lipinski definition) is 4. The van der Waals surface area contributed by atoms with Crippen LogP contribution in [-0.4, -0.2) is 17.6 Å². The molecule has 98 valence electrons. The van der Waals surface area contributed by atoms with E-state index < -0.39 is 0 Å². The molecule has 0 aliphatic rings. The average Bonchev–Trinajstić information content (AvgIpc) is 2.42. The van der Waals surface area contributed by atoms with Crippen molar-refractivity contribution in [2.24, 2.45) is 0 Å². The molecule has 5 heteroatoms. The number of benzene rings is 1. The SMILES string of the molecule is CCOC(=O)c1ccc(Nc2ccc(Cl)nc2)cc1. The van der Waals surface area contributed by atoms with E-state index >= 15 is 0 Å². The summed E-state index contributed by atoms with van der Waals surface area (Å²) in [4.78, 5) is 15.5. The fourth-order valence-corrected chi connectivity index (χ4v) is 1.63. The molecule has 0 spiro atoms. The van der Waals surface area contributed by atoms with E-state index in [4.69, 9.17) is 16.3 Å². The van der Waals surface area contributed by atoms with Crippen molar-refractivity contribution >= 4 is 28.9 Å². The van der Waals surface area contributed by atoms with Crippen LogP contribution in [0, 0.1) is 0 Å². The van der Waals surface area contributed by atoms with Gasteiger partial charge in [-0.2, -0.15) is 0 Å². The molecule has 4 nitrogen and oxygen atoms in total. The third-order valence-corrected chi connectivity index (χ3v) is 2.64. The second-order valence-corrected chi connectivity index (χ2v) is 4.18. The number of hydrogen-bond donors (Lipinski definition) is 1. The molecule has 2 rings (SSSR count). The molecule has 1 heterocycles. The Bertz CT molecular complexity index is 553. The highest BCUT2D eigenvalue weighted by Gasteiger charge is 2.05. The van der Waals surface area contributed by atoms with Crippen LogP contribution in [0.1, 0.15) is 17.3 Å². The molecule has 0 amide bonds. The second kappa shape index (κ2) is 6.20. The Hall–Kier alpha value is -2.07. The normalized spacial score (nSPS) is 10.0. The van der Waals surface area contributed by atoms with Gasteiger partial charge in [-0.15, -0.1) is 0 Å². The first-order valence-corrected chi connectivity index (χ1v) is 6.22. The smallest absolute Gasteiger partial charge is 0.338 e. The predicted molar refractivity (Wildman–Crippen MR) is 74.9 cm³/mol. The van der Waals surface area contributed by atoms with Gasteiger partial charge in [0.1, 0.15) is 5.15 Å². The van der Waals surface area contributed by atoms with Crippen molar-refractivity contribution in [3.05, 3.63) is 53.3 Å². The van der Waals surface area contributed by atoms with Gasteiger partial charge >= 0.3 is 5.97 Å². The quantitative estimate of drug-likeness (QED) is 0.684. The minimum Gasteiger partial charge on any atom is -0.462 e. The van der Waals surface area contributed by atoms with Gasteiger partial charge in [0.2, 0.25) is 0 Å². The number of ether oxygens (including phenoxy) is 1. The average molecular weight is 277 g/mol. The molecule has 19 heavy (non-hydrogen) atoms. The summed E-state index contributed by atoms with van der Waals surface area (Å²) in [5, 5.41) is 3.60. The highest BCUT2D eigenvalue weighted by Crippen LogP contribution is 2.17. The lowest BCUT2D eigenvalue weighted by Gasteiger charge is -2.07. The molecule has 0 saturated heterocycles. The Kier molecular flexibility index (Phi) is 4.36. The molecule has 0 saturated carbocycles. The third kappa shape index (κ3) is 3.69. The predicted octanol–water partition coefficient (Wildman–Crippen LogP) is 3.66. The highest BCUT2D eigenvalue weighted by atomic mass is 35.5. The Morgan fingerprint density at radius 1 is 1.21 bits per heavy atom. The van der Waals surface area contributed by atoms with Gasteiger partial charge in [0.15, 0.2) is 0 Å². The van der Waals surface area contributed by atoms with E-state index in [2.05, 4.69) is 10.3 Å². The minimum atomic E-state index is -0.317. The molecule has 0 atom stereocenters. The number of carbonyl (C=O) groups is 1. The topological polar surface area (TPSA) is 51.2 Å². The van der Waals surface area contributed by atoms with Crippen LogP contribution in [0.25, 0.3) is 0 Å². The maximum Gasteiger partial charge on any atom is 0.338 e. The van der Waals surface area contributed by atoms with Crippen molar-refractivity contribution in [2.45, 2.75) is 6.92 Å². The summed E-state index contributed by atoms with van der Waals surface area (Å²) >= 11 is 5.71. The summed E-state index contributed by atoms with van der Waals surface area (Å²) in [6.07, 6.45) is 1.64. The lowest BCUT2D eigenvalue weighted by Crippen LogP contribution is -2.04. The number of pyridine rings is 1. The van der Waals surface area contributed by atoms with E-state index in [9.17, 15) is 4.79 Å². The van der Waals surface area contributed by atoms with E-state index in [-0.39, 0.29) is 5.97 Å². The standard InChI is InChI=1S/C14H13ClN2O2/c1-2-19-14(18)10-3-5-11(6-4-10)17-12-7-8-13(15)16-9-12/h3-9,17H,2H2,1H3. The Morgan fingerprint density at radius 3 is 2.47 bits per heavy atom. The molecule has 1 N–H and O–H groups in total. The first-order chi connectivity index (χ1) is 9.19. The molecule has 2 aromatic rings. The van der Waals surface area contributed by atoms with E-state index in [1.807, 2.05) is 6.07 Å². The lowest BCUT2D eigenvalue weighted by molar-refractivity contribution is 0.0526. The molecule has 0 aliphatic carbocycles. The van der Waals surface area contributed by atoms with Crippen LogP contribution in [0.4, 0.5) is 11.4 Å². The zero-order chi connectivity index (χ0) is 13.7. The first-order valence-electron chi connectivity index (χ1n) is 5.85. The van der Waals surface area contributed by atoms with Crippen molar-refractivity contribution in [1.82, 2.24) is 4.98 Å². The Balaban J connectivity index is 2.06. The fourth-order valence-electron chi connectivity index (χ4n) is 1.52. The molecule has 1 aromatic heterocycles. The van der Waals surface area contributed by atoms with Crippen LogP contribution in [0.5, 0.6) is 0 Å². The van der Waals surface area contributed by atoms with Crippen LogP contribution in [-0.2, 0) is 4.74 Å². The third-order valence-electron chi connectivity index (χ3n) is 2.41. The molecule has 0 bridgehead atoms. The molecule has 0 radical (unpaired) electrons. The monoisotopic (exact) mass is 276 g/mol. The second-order valence-electron chi connectivity index (χ2n) is 3.79. The fraction of sp³-hybridized carbons (Fsp3) is 0.143. The highest BCUT2D eigenvalue weighted by molar-refractivity contribution is 6.29. The van der Waals surface area contributed by atoms with Gasteiger partial charge in [-0.3, -0.25) is 0 Å². The Morgan fingerprint density at radius 2 is 1.89 bits per heavy atom. The number of carbonyl (C=O) groups excluding carboxylic acids is 1. The van der Waals surface area contributed by atoms with Crippen LogP contribution in [0.3, 0.4) is 0 Å². The summed E-state index contributed by atoms with van der Waals surface area (Å²) in [5.74, 6) is -0.317. The summed E-state index contributed by atoms with van der Waals surface area (Å²) in [7, 11) is 0. The van der Waals surface area contributed by atoms with Gasteiger partial charge in [-0.25, -0.2) is 9.78 Å². The van der Waals surface area contributed by atoms with Gasteiger partial charge in [0.05, 0.1) is 24.1 Å². The van der Waals surface area contributed by atoms with Crippen LogP contribution >= 0.6 is 11.6 Å². The molecule has 0 fully saturated rings. The van der Waals surface area contributed by atoms with E-state index in [0.29, 0.717) is 17.3 Å². The van der Waals surface area contributed by atoms with Gasteiger partial charge in [0, 0.05) is 5.69 Å². The van der Waals surface area contributed by atoms with Crippen LogP contribution in [0.2, 0.25) is 5.15 Å². The van der Waals surface area contributed by atoms with Gasteiger partial charge < -0.3 is 10.1 Å². The summed E-state index contributed by atoms with van der Waals surface area (Å²) in [6.45, 7) is 2.15. The number of halogens is 1. The maximum absolute atomic E-state index is 11.5. The van der Waals surface area contributed by atoms with Crippen molar-refractivity contribution in [3.8, 4) is 0 Å².